The van der Waals surface area contributed by atoms with Gasteiger partial charge in [0.2, 0.25) is 0 Å². The zero-order chi connectivity index (χ0) is 34.5. The Kier molecular flexibility index (Phi) is 8.18. The third kappa shape index (κ3) is 6.14. The largest absolute Gasteiger partial charge is 0.457 e. The third-order valence-corrected chi connectivity index (χ3v) is 9.33. The lowest BCUT2D eigenvalue weighted by Gasteiger charge is -2.32. The molecule has 4 aromatic carbocycles. The quantitative estimate of drug-likeness (QED) is 0.173. The molecule has 0 aliphatic rings. The Morgan fingerprint density at radius 3 is 2.27 bits per heavy atom. The predicted octanol–water partition coefficient (Wildman–Crippen LogP) is 11.7. The Morgan fingerprint density at radius 2 is 1.51 bits per heavy atom. The molecule has 5 nitrogen and oxygen atoms in total. The van der Waals surface area contributed by atoms with Crippen molar-refractivity contribution in [1.29, 1.82) is 0 Å². The fourth-order valence-corrected chi connectivity index (χ4v) is 7.23. The number of fused-ring (bicyclic) bond motifs is 3. The van der Waals surface area contributed by atoms with Crippen molar-refractivity contribution >= 4 is 21.8 Å². The van der Waals surface area contributed by atoms with Crippen molar-refractivity contribution in [3.63, 3.8) is 0 Å². The van der Waals surface area contributed by atoms with E-state index in [1.54, 1.807) is 0 Å². The molecule has 0 aliphatic heterocycles. The molecule has 0 saturated carbocycles. The molecular formula is C44H46N4O. The molecule has 0 aliphatic carbocycles. The van der Waals surface area contributed by atoms with Crippen molar-refractivity contribution in [2.45, 2.75) is 79.1 Å². The van der Waals surface area contributed by atoms with Crippen molar-refractivity contribution in [2.24, 2.45) is 0 Å². The van der Waals surface area contributed by atoms with Crippen LogP contribution in [0.4, 0.5) is 0 Å². The maximum absolute atomic E-state index is 6.55. The Balaban J connectivity index is 1.27. The zero-order valence-electron chi connectivity index (χ0n) is 30.0. The highest BCUT2D eigenvalue weighted by molar-refractivity contribution is 6.09. The van der Waals surface area contributed by atoms with Crippen LogP contribution in [0.2, 0.25) is 0 Å². The predicted molar refractivity (Wildman–Crippen MR) is 204 cm³/mol. The van der Waals surface area contributed by atoms with E-state index in [4.69, 9.17) is 14.8 Å². The maximum Gasteiger partial charge on any atom is 0.137 e. The number of nitrogens with zero attached hydrogens (tertiary/aromatic N) is 4. The highest BCUT2D eigenvalue weighted by Gasteiger charge is 2.29. The summed E-state index contributed by atoms with van der Waals surface area (Å²) in [6.07, 6.45) is 8.24. The molecule has 248 valence electrons. The normalized spacial score (nSPS) is 12.2. The average Bonchev–Trinajstić information content (AvgIpc) is 3.67. The standard InChI is InChI=1S/C44H46N4O/c1-9-13-30-18-21-37(43(3,4)5)41(42(30)44(6,7)8)31-27-46-47(28-31)32-14-12-15-33(25-32)49-34-19-20-36-35-16-10-11-17-38(35)48(39(36)26-34)40-24-29(2)22-23-45-40/h10-12,14-28H,9,13H2,1-8H3. The Morgan fingerprint density at radius 1 is 0.735 bits per heavy atom. The van der Waals surface area contributed by atoms with Crippen molar-refractivity contribution in [3.05, 3.63) is 132 Å². The van der Waals surface area contributed by atoms with Gasteiger partial charge in [-0.2, -0.15) is 5.10 Å². The van der Waals surface area contributed by atoms with Gasteiger partial charge in [0, 0.05) is 40.9 Å². The third-order valence-electron chi connectivity index (χ3n) is 9.33. The molecular weight excluding hydrogens is 601 g/mol. The van der Waals surface area contributed by atoms with Crippen LogP contribution >= 0.6 is 0 Å². The van der Waals surface area contributed by atoms with Crippen LogP contribution in [-0.4, -0.2) is 19.3 Å². The summed E-state index contributed by atoms with van der Waals surface area (Å²) in [6.45, 7) is 18.3. The van der Waals surface area contributed by atoms with Crippen LogP contribution in [0.3, 0.4) is 0 Å². The van der Waals surface area contributed by atoms with Gasteiger partial charge < -0.3 is 4.74 Å². The molecule has 0 spiro atoms. The number of aryl methyl sites for hydroxylation is 2. The number of hydrogen-bond acceptors (Lipinski definition) is 3. The van der Waals surface area contributed by atoms with Gasteiger partial charge in [0.05, 0.1) is 22.9 Å². The van der Waals surface area contributed by atoms with Gasteiger partial charge in [0.15, 0.2) is 0 Å². The second kappa shape index (κ2) is 12.4. The Bertz CT molecular complexity index is 2310. The number of aromatic nitrogens is 4. The maximum atomic E-state index is 6.55. The van der Waals surface area contributed by atoms with Crippen molar-refractivity contribution in [2.75, 3.05) is 0 Å². The number of para-hydroxylation sites is 1. The van der Waals surface area contributed by atoms with E-state index in [9.17, 15) is 0 Å². The summed E-state index contributed by atoms with van der Waals surface area (Å²) in [5, 5.41) is 7.25. The highest BCUT2D eigenvalue weighted by Crippen LogP contribution is 2.43. The lowest BCUT2D eigenvalue weighted by atomic mass is 9.72. The van der Waals surface area contributed by atoms with Crippen LogP contribution < -0.4 is 4.74 Å². The number of benzene rings is 4. The van der Waals surface area contributed by atoms with E-state index in [1.807, 2.05) is 41.3 Å². The lowest BCUT2D eigenvalue weighted by molar-refractivity contribution is 0.483. The first-order valence-electron chi connectivity index (χ1n) is 17.4. The molecule has 7 aromatic rings. The number of ether oxygens (including phenoxy) is 1. The molecule has 0 fully saturated rings. The second-order valence-electron chi connectivity index (χ2n) is 15.3. The summed E-state index contributed by atoms with van der Waals surface area (Å²) in [5.41, 5.74) is 10.9. The van der Waals surface area contributed by atoms with Gasteiger partial charge in [0.1, 0.15) is 17.3 Å². The zero-order valence-corrected chi connectivity index (χ0v) is 30.0. The Labute approximate surface area is 290 Å². The minimum atomic E-state index is -0.0157. The van der Waals surface area contributed by atoms with Crippen LogP contribution in [0.25, 0.3) is 44.4 Å². The van der Waals surface area contributed by atoms with Gasteiger partial charge in [-0.25, -0.2) is 9.67 Å². The van der Waals surface area contributed by atoms with Gasteiger partial charge in [-0.05, 0) is 94.5 Å². The molecule has 5 heteroatoms. The van der Waals surface area contributed by atoms with Crippen molar-refractivity contribution < 1.29 is 4.74 Å². The molecule has 0 amide bonds. The van der Waals surface area contributed by atoms with Crippen LogP contribution in [0, 0.1) is 6.92 Å². The second-order valence-corrected chi connectivity index (χ2v) is 15.3. The monoisotopic (exact) mass is 646 g/mol. The van der Waals surface area contributed by atoms with Crippen LogP contribution in [-0.2, 0) is 17.3 Å². The minimum absolute atomic E-state index is 0.0147. The summed E-state index contributed by atoms with van der Waals surface area (Å²) in [5.74, 6) is 2.41. The van der Waals surface area contributed by atoms with E-state index in [1.165, 1.54) is 33.2 Å². The number of rotatable bonds is 7. The fraction of sp³-hybridized carbons (Fsp3) is 0.273. The molecule has 0 unspecified atom stereocenters. The van der Waals surface area contributed by atoms with Crippen LogP contribution in [0.1, 0.15) is 77.1 Å². The summed E-state index contributed by atoms with van der Waals surface area (Å²) >= 11 is 0. The van der Waals surface area contributed by atoms with Gasteiger partial charge in [-0.3, -0.25) is 4.57 Å². The minimum Gasteiger partial charge on any atom is -0.457 e. The lowest BCUT2D eigenvalue weighted by Crippen LogP contribution is -2.21. The summed E-state index contributed by atoms with van der Waals surface area (Å²) < 4.78 is 10.7. The summed E-state index contributed by atoms with van der Waals surface area (Å²) in [4.78, 5) is 4.73. The first-order chi connectivity index (χ1) is 23.4. The van der Waals surface area contributed by atoms with Gasteiger partial charge >= 0.3 is 0 Å². The van der Waals surface area contributed by atoms with Crippen molar-refractivity contribution in [1.82, 2.24) is 19.3 Å². The smallest absolute Gasteiger partial charge is 0.137 e. The van der Waals surface area contributed by atoms with E-state index in [0.717, 1.165) is 57.8 Å². The number of pyridine rings is 1. The first kappa shape index (κ1) is 32.4. The summed E-state index contributed by atoms with van der Waals surface area (Å²) in [6, 6.07) is 31.8. The topological polar surface area (TPSA) is 44.9 Å². The fourth-order valence-electron chi connectivity index (χ4n) is 7.23. The summed E-state index contributed by atoms with van der Waals surface area (Å²) in [7, 11) is 0. The van der Waals surface area contributed by atoms with E-state index < -0.39 is 0 Å². The van der Waals surface area contributed by atoms with E-state index in [0.29, 0.717) is 0 Å². The molecule has 49 heavy (non-hydrogen) atoms. The van der Waals surface area contributed by atoms with E-state index in [2.05, 4.69) is 133 Å². The van der Waals surface area contributed by atoms with E-state index >= 15 is 0 Å². The molecule has 0 atom stereocenters. The first-order valence-corrected chi connectivity index (χ1v) is 17.4. The highest BCUT2D eigenvalue weighted by atomic mass is 16.5. The average molecular weight is 647 g/mol. The van der Waals surface area contributed by atoms with Crippen LogP contribution in [0.5, 0.6) is 11.5 Å². The van der Waals surface area contributed by atoms with Crippen LogP contribution in [0.15, 0.2) is 110 Å². The molecule has 3 aromatic heterocycles. The van der Waals surface area contributed by atoms with E-state index in [-0.39, 0.29) is 10.8 Å². The molecule has 0 N–H and O–H groups in total. The molecule has 3 heterocycles. The molecule has 0 saturated heterocycles. The van der Waals surface area contributed by atoms with Gasteiger partial charge in [0.25, 0.3) is 0 Å². The van der Waals surface area contributed by atoms with Crippen molar-refractivity contribution in [3.8, 4) is 34.1 Å². The molecule has 0 radical (unpaired) electrons. The molecule has 7 rings (SSSR count). The molecule has 0 bridgehead atoms. The van der Waals surface area contributed by atoms with Gasteiger partial charge in [-0.15, -0.1) is 0 Å². The Hall–Kier alpha value is -5.16. The number of hydrogen-bond donors (Lipinski definition) is 0. The SMILES string of the molecule is CCCc1ccc(C(C)(C)C)c(-c2cnn(-c3cccc(Oc4ccc5c6ccccc6n(-c6cc(C)ccn6)c5c4)c3)c2)c1C(C)(C)C. The van der Waals surface area contributed by atoms with Gasteiger partial charge in [-0.1, -0.05) is 91.3 Å².